The largest absolute Gasteiger partial charge is 0.416 e. The monoisotopic (exact) mass is 569 g/mol. The van der Waals surface area contributed by atoms with Crippen LogP contribution in [0.5, 0.6) is 0 Å². The van der Waals surface area contributed by atoms with Crippen LogP contribution in [0.2, 0.25) is 0 Å². The maximum atomic E-state index is 13.5. The molecule has 3 fully saturated rings. The number of anilines is 1. The summed E-state index contributed by atoms with van der Waals surface area (Å²) in [6.07, 6.45) is 9.74. The fraction of sp³-hybridized carbons (Fsp3) is 0.562. The van der Waals surface area contributed by atoms with Crippen molar-refractivity contribution in [2.75, 3.05) is 38.5 Å². The number of pyridine rings is 1. The third-order valence-corrected chi connectivity index (χ3v) is 8.97. The molecule has 2 saturated heterocycles. The zero-order chi connectivity index (χ0) is 28.8. The second-order valence-electron chi connectivity index (χ2n) is 11.9. The van der Waals surface area contributed by atoms with Crippen molar-refractivity contribution in [1.82, 2.24) is 19.7 Å². The second-order valence-corrected chi connectivity index (χ2v) is 11.9. The molecule has 1 amide bonds. The smallest absolute Gasteiger partial charge is 0.367 e. The van der Waals surface area contributed by atoms with E-state index in [1.165, 1.54) is 43.9 Å². The van der Waals surface area contributed by atoms with Crippen LogP contribution in [-0.2, 0) is 17.5 Å². The van der Waals surface area contributed by atoms with Gasteiger partial charge >= 0.3 is 6.18 Å². The molecule has 5 rings (SSSR count). The standard InChI is InChI=1S/C32H42F3N5O/c1-38-18-14-27(15-19-38)37-30-12-8-25(22-36-30)23-40(29-16-20-39(21-17-29)28-4-2-3-5-28)31(41)13-9-24-6-10-26(11-7-24)32(33,34)35/h6-13,22,27-29H,2-5,14-21,23H2,1H3,(H,36,37). The molecular formula is C32H42F3N5O. The molecule has 0 atom stereocenters. The molecule has 9 heteroatoms. The number of hydrogen-bond donors (Lipinski definition) is 1. The predicted octanol–water partition coefficient (Wildman–Crippen LogP) is 6.06. The highest BCUT2D eigenvalue weighted by Crippen LogP contribution is 2.30. The molecule has 1 saturated carbocycles. The Labute approximate surface area is 241 Å². The maximum Gasteiger partial charge on any atom is 0.416 e. The van der Waals surface area contributed by atoms with Crippen LogP contribution in [0.15, 0.2) is 48.7 Å². The number of hydrogen-bond acceptors (Lipinski definition) is 5. The highest BCUT2D eigenvalue weighted by Gasteiger charge is 2.32. The molecule has 1 aromatic heterocycles. The zero-order valence-corrected chi connectivity index (χ0v) is 24.0. The molecule has 0 radical (unpaired) electrons. The lowest BCUT2D eigenvalue weighted by atomic mass is 10.00. The number of benzene rings is 1. The maximum absolute atomic E-state index is 13.5. The summed E-state index contributed by atoms with van der Waals surface area (Å²) in [5.74, 6) is 0.728. The van der Waals surface area contributed by atoms with Crippen molar-refractivity contribution < 1.29 is 18.0 Å². The average molecular weight is 570 g/mol. The number of likely N-dealkylation sites (tertiary alicyclic amines) is 2. The normalized spacial score (nSPS) is 20.6. The van der Waals surface area contributed by atoms with Crippen LogP contribution < -0.4 is 5.32 Å². The van der Waals surface area contributed by atoms with Crippen molar-refractivity contribution in [3.8, 4) is 0 Å². The quantitative estimate of drug-likeness (QED) is 0.392. The number of nitrogens with zero attached hydrogens (tertiary/aromatic N) is 4. The Morgan fingerprint density at radius 1 is 0.976 bits per heavy atom. The molecule has 3 heterocycles. The van der Waals surface area contributed by atoms with Gasteiger partial charge in [0.2, 0.25) is 5.91 Å². The van der Waals surface area contributed by atoms with Crippen LogP contribution in [0.3, 0.4) is 0 Å². The van der Waals surface area contributed by atoms with Gasteiger partial charge in [-0.15, -0.1) is 0 Å². The highest BCUT2D eigenvalue weighted by atomic mass is 19.4. The molecule has 1 aliphatic carbocycles. The Kier molecular flexibility index (Phi) is 9.65. The zero-order valence-electron chi connectivity index (χ0n) is 24.0. The number of nitrogens with one attached hydrogen (secondary N) is 1. The predicted molar refractivity (Wildman–Crippen MR) is 156 cm³/mol. The Hall–Kier alpha value is -2.91. The van der Waals surface area contributed by atoms with E-state index in [-0.39, 0.29) is 11.9 Å². The number of rotatable bonds is 8. The molecule has 0 spiro atoms. The van der Waals surface area contributed by atoms with Gasteiger partial charge in [-0.3, -0.25) is 4.79 Å². The van der Waals surface area contributed by atoms with E-state index in [9.17, 15) is 18.0 Å². The minimum atomic E-state index is -4.38. The van der Waals surface area contributed by atoms with E-state index in [4.69, 9.17) is 0 Å². The SMILES string of the molecule is CN1CCC(Nc2ccc(CN(C(=O)C=Cc3ccc(C(F)(F)F)cc3)C3CCN(C4CCCC4)CC3)cn2)CC1. The number of amides is 1. The lowest BCUT2D eigenvalue weighted by Gasteiger charge is -2.40. The summed E-state index contributed by atoms with van der Waals surface area (Å²) in [4.78, 5) is 25.1. The van der Waals surface area contributed by atoms with Gasteiger partial charge < -0.3 is 20.0 Å². The summed E-state index contributed by atoms with van der Waals surface area (Å²) in [7, 11) is 2.15. The summed E-state index contributed by atoms with van der Waals surface area (Å²) in [6, 6.07) is 10.1. The summed E-state index contributed by atoms with van der Waals surface area (Å²) < 4.78 is 38.8. The molecule has 3 aliphatic rings. The summed E-state index contributed by atoms with van der Waals surface area (Å²) in [5.41, 5.74) is 0.833. The number of aromatic nitrogens is 1. The van der Waals surface area contributed by atoms with Gasteiger partial charge in [-0.05, 0) is 94.1 Å². The van der Waals surface area contributed by atoms with Crippen molar-refractivity contribution in [2.24, 2.45) is 0 Å². The van der Waals surface area contributed by atoms with E-state index in [2.05, 4.69) is 27.1 Å². The summed E-state index contributed by atoms with van der Waals surface area (Å²) >= 11 is 0. The number of carbonyl (C=O) groups is 1. The molecule has 222 valence electrons. The van der Waals surface area contributed by atoms with Gasteiger partial charge in [0.15, 0.2) is 0 Å². The summed E-state index contributed by atoms with van der Waals surface area (Å²) in [6.45, 7) is 4.57. The Morgan fingerprint density at radius 2 is 1.66 bits per heavy atom. The molecule has 2 aliphatic heterocycles. The van der Waals surface area contributed by atoms with E-state index >= 15 is 0 Å². The van der Waals surface area contributed by atoms with Gasteiger partial charge in [0, 0.05) is 50.0 Å². The first kappa shape index (κ1) is 29.6. The Bertz CT molecular complexity index is 1150. The van der Waals surface area contributed by atoms with E-state index < -0.39 is 11.7 Å². The van der Waals surface area contributed by atoms with Crippen LogP contribution >= 0.6 is 0 Å². The molecule has 1 N–H and O–H groups in total. The first-order valence-corrected chi connectivity index (χ1v) is 15.0. The lowest BCUT2D eigenvalue weighted by Crippen LogP contribution is -2.48. The topological polar surface area (TPSA) is 51.7 Å². The van der Waals surface area contributed by atoms with E-state index in [1.54, 1.807) is 6.08 Å². The Morgan fingerprint density at radius 3 is 2.27 bits per heavy atom. The molecule has 0 unspecified atom stereocenters. The van der Waals surface area contributed by atoms with Crippen molar-refractivity contribution in [3.05, 3.63) is 65.4 Å². The first-order chi connectivity index (χ1) is 19.7. The number of alkyl halides is 3. The fourth-order valence-electron chi connectivity index (χ4n) is 6.43. The average Bonchev–Trinajstić information content (AvgIpc) is 3.52. The van der Waals surface area contributed by atoms with Crippen molar-refractivity contribution in [1.29, 1.82) is 0 Å². The van der Waals surface area contributed by atoms with Crippen LogP contribution in [-0.4, -0.2) is 76.9 Å². The number of halogens is 3. The molecule has 1 aromatic carbocycles. The van der Waals surface area contributed by atoms with Gasteiger partial charge in [-0.1, -0.05) is 31.0 Å². The molecule has 2 aromatic rings. The third-order valence-electron chi connectivity index (χ3n) is 8.97. The number of carbonyl (C=O) groups excluding carboxylic acids is 1. The van der Waals surface area contributed by atoms with Crippen LogP contribution in [0, 0.1) is 0 Å². The minimum absolute atomic E-state index is 0.106. The minimum Gasteiger partial charge on any atom is -0.367 e. The van der Waals surface area contributed by atoms with Gasteiger partial charge in [0.05, 0.1) is 5.56 Å². The van der Waals surface area contributed by atoms with Crippen molar-refractivity contribution in [3.63, 3.8) is 0 Å². The lowest BCUT2D eigenvalue weighted by molar-refractivity contribution is -0.137. The third kappa shape index (κ3) is 8.10. The fourth-order valence-corrected chi connectivity index (χ4v) is 6.43. The summed E-state index contributed by atoms with van der Waals surface area (Å²) in [5, 5.41) is 3.55. The number of piperidine rings is 2. The first-order valence-electron chi connectivity index (χ1n) is 15.0. The van der Waals surface area contributed by atoms with Crippen molar-refractivity contribution in [2.45, 2.75) is 82.2 Å². The van der Waals surface area contributed by atoms with Gasteiger partial charge in [0.1, 0.15) is 5.82 Å². The van der Waals surface area contributed by atoms with Crippen LogP contribution in [0.4, 0.5) is 19.0 Å². The van der Waals surface area contributed by atoms with E-state index in [1.807, 2.05) is 23.2 Å². The Balaban J connectivity index is 1.25. The van der Waals surface area contributed by atoms with Crippen molar-refractivity contribution >= 4 is 17.8 Å². The molecule has 41 heavy (non-hydrogen) atoms. The van der Waals surface area contributed by atoms with E-state index in [0.29, 0.717) is 24.2 Å². The van der Waals surface area contributed by atoms with Crippen LogP contribution in [0.25, 0.3) is 6.08 Å². The van der Waals surface area contributed by atoms with Gasteiger partial charge in [0.25, 0.3) is 0 Å². The molecule has 0 bridgehead atoms. The van der Waals surface area contributed by atoms with E-state index in [0.717, 1.165) is 75.4 Å². The molecule has 6 nitrogen and oxygen atoms in total. The molecular weight excluding hydrogens is 527 g/mol. The van der Waals surface area contributed by atoms with Gasteiger partial charge in [-0.25, -0.2) is 4.98 Å². The second kappa shape index (κ2) is 13.4. The van der Waals surface area contributed by atoms with Crippen LogP contribution in [0.1, 0.15) is 68.1 Å². The van der Waals surface area contributed by atoms with Gasteiger partial charge in [-0.2, -0.15) is 13.2 Å². The highest BCUT2D eigenvalue weighted by molar-refractivity contribution is 5.92.